The maximum atomic E-state index is 12.0. The maximum absolute atomic E-state index is 12.0. The molecule has 2 amide bonds. The topological polar surface area (TPSA) is 61.8 Å². The molecule has 1 aromatic rings. The maximum Gasteiger partial charge on any atom is 0.317 e. The Balaban J connectivity index is 1.69. The van der Waals surface area contributed by atoms with Crippen LogP contribution in [0.3, 0.4) is 0 Å². The standard InChI is InChI=1S/C15H22N2O3/c18-10-11-20-14-6-8-17(9-7-14)15(19)16-12-13-4-2-1-3-5-13/h1-5,14,18H,6-12H2,(H,16,19). The number of aliphatic hydroxyl groups excluding tert-OH is 1. The van der Waals surface area contributed by atoms with Gasteiger partial charge < -0.3 is 20.1 Å². The molecule has 1 aliphatic rings. The Morgan fingerprint density at radius 3 is 2.65 bits per heavy atom. The molecule has 1 aliphatic heterocycles. The molecule has 2 rings (SSSR count). The molecule has 0 aromatic heterocycles. The summed E-state index contributed by atoms with van der Waals surface area (Å²) < 4.78 is 5.48. The molecule has 0 aliphatic carbocycles. The van der Waals surface area contributed by atoms with E-state index in [1.807, 2.05) is 35.2 Å². The van der Waals surface area contributed by atoms with Gasteiger partial charge in [-0.1, -0.05) is 30.3 Å². The first kappa shape index (κ1) is 14.8. The Labute approximate surface area is 119 Å². The highest BCUT2D eigenvalue weighted by atomic mass is 16.5. The fraction of sp³-hybridized carbons (Fsp3) is 0.533. The molecule has 5 heteroatoms. The summed E-state index contributed by atoms with van der Waals surface area (Å²) in [4.78, 5) is 13.8. The highest BCUT2D eigenvalue weighted by Gasteiger charge is 2.22. The highest BCUT2D eigenvalue weighted by molar-refractivity contribution is 5.74. The Bertz CT molecular complexity index is 403. The van der Waals surface area contributed by atoms with Crippen molar-refractivity contribution in [2.24, 2.45) is 0 Å². The number of aliphatic hydroxyl groups is 1. The quantitative estimate of drug-likeness (QED) is 0.855. The molecule has 20 heavy (non-hydrogen) atoms. The van der Waals surface area contributed by atoms with E-state index in [2.05, 4.69) is 5.32 Å². The Kier molecular flexibility index (Phi) is 5.83. The van der Waals surface area contributed by atoms with Crippen molar-refractivity contribution >= 4 is 6.03 Å². The summed E-state index contributed by atoms with van der Waals surface area (Å²) in [5, 5.41) is 11.6. The van der Waals surface area contributed by atoms with E-state index >= 15 is 0 Å². The van der Waals surface area contributed by atoms with Gasteiger partial charge in [0.15, 0.2) is 0 Å². The van der Waals surface area contributed by atoms with Crippen molar-refractivity contribution in [3.8, 4) is 0 Å². The molecule has 0 unspecified atom stereocenters. The van der Waals surface area contributed by atoms with E-state index in [1.165, 1.54) is 0 Å². The lowest BCUT2D eigenvalue weighted by Crippen LogP contribution is -2.45. The summed E-state index contributed by atoms with van der Waals surface area (Å²) in [6.07, 6.45) is 1.83. The predicted molar refractivity (Wildman–Crippen MR) is 76.3 cm³/mol. The van der Waals surface area contributed by atoms with Crippen LogP contribution in [0, 0.1) is 0 Å². The zero-order valence-corrected chi connectivity index (χ0v) is 11.6. The monoisotopic (exact) mass is 278 g/mol. The summed E-state index contributed by atoms with van der Waals surface area (Å²) in [5.74, 6) is 0. The third kappa shape index (κ3) is 4.51. The van der Waals surface area contributed by atoms with E-state index in [4.69, 9.17) is 9.84 Å². The number of piperidine rings is 1. The Morgan fingerprint density at radius 2 is 2.00 bits per heavy atom. The largest absolute Gasteiger partial charge is 0.394 e. The lowest BCUT2D eigenvalue weighted by atomic mass is 10.1. The van der Waals surface area contributed by atoms with Gasteiger partial charge in [-0.3, -0.25) is 0 Å². The minimum atomic E-state index is -0.0190. The first-order chi connectivity index (χ1) is 9.79. The fourth-order valence-corrected chi connectivity index (χ4v) is 2.33. The van der Waals surface area contributed by atoms with Crippen LogP contribution in [0.15, 0.2) is 30.3 Å². The number of benzene rings is 1. The molecule has 1 heterocycles. The number of rotatable bonds is 5. The van der Waals surface area contributed by atoms with Crippen LogP contribution in [0.25, 0.3) is 0 Å². The molecule has 1 saturated heterocycles. The third-order valence-corrected chi connectivity index (χ3v) is 3.46. The van der Waals surface area contributed by atoms with Crippen molar-refractivity contribution in [1.82, 2.24) is 10.2 Å². The number of ether oxygens (including phenoxy) is 1. The van der Waals surface area contributed by atoms with Crippen LogP contribution in [-0.2, 0) is 11.3 Å². The molecule has 0 radical (unpaired) electrons. The van der Waals surface area contributed by atoms with Gasteiger partial charge in [0, 0.05) is 19.6 Å². The van der Waals surface area contributed by atoms with E-state index in [0.29, 0.717) is 26.2 Å². The minimum Gasteiger partial charge on any atom is -0.394 e. The molecule has 2 N–H and O–H groups in total. The van der Waals surface area contributed by atoms with E-state index < -0.39 is 0 Å². The van der Waals surface area contributed by atoms with Crippen LogP contribution in [0.1, 0.15) is 18.4 Å². The SMILES string of the molecule is O=C(NCc1ccccc1)N1CCC(OCCO)CC1. The molecule has 0 saturated carbocycles. The van der Waals surface area contributed by atoms with E-state index in [-0.39, 0.29) is 18.7 Å². The first-order valence-electron chi connectivity index (χ1n) is 7.09. The number of amides is 2. The van der Waals surface area contributed by atoms with Gasteiger partial charge >= 0.3 is 6.03 Å². The predicted octanol–water partition coefficient (Wildman–Crippen LogP) is 1.37. The molecule has 5 nitrogen and oxygen atoms in total. The molecule has 1 fully saturated rings. The molecular formula is C15H22N2O3. The fourth-order valence-electron chi connectivity index (χ4n) is 2.33. The van der Waals surface area contributed by atoms with Gasteiger partial charge in [-0.2, -0.15) is 0 Å². The second-order valence-corrected chi connectivity index (χ2v) is 4.93. The third-order valence-electron chi connectivity index (χ3n) is 3.46. The van der Waals surface area contributed by atoms with Crippen molar-refractivity contribution in [1.29, 1.82) is 0 Å². The average Bonchev–Trinajstić information content (AvgIpc) is 2.52. The molecule has 1 aromatic carbocycles. The first-order valence-corrected chi connectivity index (χ1v) is 7.09. The van der Waals surface area contributed by atoms with E-state index in [1.54, 1.807) is 0 Å². The van der Waals surface area contributed by atoms with Crippen LogP contribution in [-0.4, -0.2) is 48.4 Å². The van der Waals surface area contributed by atoms with Crippen molar-refractivity contribution in [3.63, 3.8) is 0 Å². The van der Waals surface area contributed by atoms with Crippen LogP contribution in [0.2, 0.25) is 0 Å². The number of hydrogen-bond donors (Lipinski definition) is 2. The van der Waals surface area contributed by atoms with Crippen LogP contribution in [0.5, 0.6) is 0 Å². The smallest absolute Gasteiger partial charge is 0.317 e. The van der Waals surface area contributed by atoms with Gasteiger partial charge in [0.25, 0.3) is 0 Å². The normalized spacial score (nSPS) is 16.1. The summed E-state index contributed by atoms with van der Waals surface area (Å²) in [6.45, 7) is 2.40. The van der Waals surface area contributed by atoms with Gasteiger partial charge in [-0.05, 0) is 18.4 Å². The summed E-state index contributed by atoms with van der Waals surface area (Å²) >= 11 is 0. The summed E-state index contributed by atoms with van der Waals surface area (Å²) in [5.41, 5.74) is 1.10. The van der Waals surface area contributed by atoms with Crippen molar-refractivity contribution in [2.45, 2.75) is 25.5 Å². The van der Waals surface area contributed by atoms with Gasteiger partial charge in [-0.15, -0.1) is 0 Å². The number of hydrogen-bond acceptors (Lipinski definition) is 3. The van der Waals surface area contributed by atoms with Crippen LogP contribution >= 0.6 is 0 Å². The average molecular weight is 278 g/mol. The number of carbonyl (C=O) groups is 1. The number of carbonyl (C=O) groups excluding carboxylic acids is 1. The number of nitrogens with one attached hydrogen (secondary N) is 1. The Morgan fingerprint density at radius 1 is 1.30 bits per heavy atom. The van der Waals surface area contributed by atoms with Gasteiger partial charge in [0.1, 0.15) is 0 Å². The highest BCUT2D eigenvalue weighted by Crippen LogP contribution is 2.13. The molecular weight excluding hydrogens is 256 g/mol. The molecule has 0 bridgehead atoms. The second kappa shape index (κ2) is 7.87. The zero-order chi connectivity index (χ0) is 14.2. The molecule has 0 atom stereocenters. The van der Waals surface area contributed by atoms with Gasteiger partial charge in [0.2, 0.25) is 0 Å². The van der Waals surface area contributed by atoms with Crippen molar-refractivity contribution < 1.29 is 14.6 Å². The van der Waals surface area contributed by atoms with Gasteiger partial charge in [0.05, 0.1) is 19.3 Å². The van der Waals surface area contributed by atoms with E-state index in [9.17, 15) is 4.79 Å². The number of likely N-dealkylation sites (tertiary alicyclic amines) is 1. The minimum absolute atomic E-state index is 0.0190. The lowest BCUT2D eigenvalue weighted by Gasteiger charge is -2.31. The van der Waals surface area contributed by atoms with E-state index in [0.717, 1.165) is 18.4 Å². The molecule has 110 valence electrons. The lowest BCUT2D eigenvalue weighted by molar-refractivity contribution is -0.00168. The number of nitrogens with zero attached hydrogens (tertiary/aromatic N) is 1. The van der Waals surface area contributed by atoms with Gasteiger partial charge in [-0.25, -0.2) is 4.79 Å². The second-order valence-electron chi connectivity index (χ2n) is 4.93. The summed E-state index contributed by atoms with van der Waals surface area (Å²) in [7, 11) is 0. The summed E-state index contributed by atoms with van der Waals surface area (Å²) in [6, 6.07) is 9.86. The molecule has 0 spiro atoms. The van der Waals surface area contributed by atoms with Crippen LogP contribution < -0.4 is 5.32 Å². The number of urea groups is 1. The Hall–Kier alpha value is -1.59. The van der Waals surface area contributed by atoms with Crippen molar-refractivity contribution in [2.75, 3.05) is 26.3 Å². The van der Waals surface area contributed by atoms with Crippen molar-refractivity contribution in [3.05, 3.63) is 35.9 Å². The van der Waals surface area contributed by atoms with Crippen LogP contribution in [0.4, 0.5) is 4.79 Å². The zero-order valence-electron chi connectivity index (χ0n) is 11.6.